The molecule has 0 aromatic carbocycles. The van der Waals surface area contributed by atoms with Crippen molar-refractivity contribution in [1.29, 1.82) is 0 Å². The van der Waals surface area contributed by atoms with Crippen molar-refractivity contribution >= 4 is 5.97 Å². The SMILES string of the molecule is C=C(C)C(=O)OCCOCC1(CC)COC1. The van der Waals surface area contributed by atoms with Gasteiger partial charge < -0.3 is 14.2 Å². The van der Waals surface area contributed by atoms with E-state index in [1.54, 1.807) is 6.92 Å². The van der Waals surface area contributed by atoms with Gasteiger partial charge in [0.15, 0.2) is 0 Å². The molecule has 0 spiro atoms. The molecular weight excluding hydrogens is 208 g/mol. The van der Waals surface area contributed by atoms with Gasteiger partial charge in [-0.15, -0.1) is 0 Å². The fourth-order valence-electron chi connectivity index (χ4n) is 1.39. The van der Waals surface area contributed by atoms with Gasteiger partial charge in [-0.2, -0.15) is 0 Å². The van der Waals surface area contributed by atoms with Crippen LogP contribution in [0.5, 0.6) is 0 Å². The summed E-state index contributed by atoms with van der Waals surface area (Å²) < 4.78 is 15.6. The van der Waals surface area contributed by atoms with Gasteiger partial charge in [0.2, 0.25) is 0 Å². The summed E-state index contributed by atoms with van der Waals surface area (Å²) in [4.78, 5) is 11.0. The lowest BCUT2D eigenvalue weighted by atomic mass is 9.84. The summed E-state index contributed by atoms with van der Waals surface area (Å²) in [5.74, 6) is -0.360. The number of carbonyl (C=O) groups excluding carboxylic acids is 1. The Kier molecular flexibility index (Phi) is 4.96. The highest BCUT2D eigenvalue weighted by atomic mass is 16.6. The molecule has 0 aromatic rings. The smallest absolute Gasteiger partial charge is 0.333 e. The van der Waals surface area contributed by atoms with Crippen molar-refractivity contribution in [3.8, 4) is 0 Å². The van der Waals surface area contributed by atoms with E-state index in [0.717, 1.165) is 19.6 Å². The second-order valence-corrected chi connectivity index (χ2v) is 4.32. The van der Waals surface area contributed by atoms with Crippen molar-refractivity contribution < 1.29 is 19.0 Å². The number of esters is 1. The highest BCUT2D eigenvalue weighted by Crippen LogP contribution is 2.31. The molecule has 0 atom stereocenters. The summed E-state index contributed by atoms with van der Waals surface area (Å²) in [6.45, 7) is 10.2. The first kappa shape index (κ1) is 13.2. The Hall–Kier alpha value is -0.870. The van der Waals surface area contributed by atoms with Crippen LogP contribution >= 0.6 is 0 Å². The molecule has 1 aliphatic rings. The van der Waals surface area contributed by atoms with Gasteiger partial charge in [0, 0.05) is 11.0 Å². The van der Waals surface area contributed by atoms with Crippen LogP contribution in [0.3, 0.4) is 0 Å². The topological polar surface area (TPSA) is 44.8 Å². The van der Waals surface area contributed by atoms with E-state index in [1.807, 2.05) is 0 Å². The Morgan fingerprint density at radius 2 is 2.12 bits per heavy atom. The van der Waals surface area contributed by atoms with Gasteiger partial charge in [0.25, 0.3) is 0 Å². The van der Waals surface area contributed by atoms with Crippen LogP contribution in [0.2, 0.25) is 0 Å². The minimum absolute atomic E-state index is 0.193. The average Bonchev–Trinajstić information content (AvgIpc) is 2.20. The number of carbonyl (C=O) groups is 1. The zero-order valence-electron chi connectivity index (χ0n) is 10.1. The Bertz CT molecular complexity index is 250. The summed E-state index contributed by atoms with van der Waals surface area (Å²) in [5, 5.41) is 0. The van der Waals surface area contributed by atoms with Crippen LogP contribution in [0, 0.1) is 5.41 Å². The molecule has 0 unspecified atom stereocenters. The Balaban J connectivity index is 2.04. The number of ether oxygens (including phenoxy) is 3. The molecule has 0 aromatic heterocycles. The summed E-state index contributed by atoms with van der Waals surface area (Å²) in [6.07, 6.45) is 1.05. The molecule has 0 saturated carbocycles. The van der Waals surface area contributed by atoms with Crippen LogP contribution in [-0.4, -0.2) is 39.0 Å². The zero-order valence-corrected chi connectivity index (χ0v) is 10.1. The van der Waals surface area contributed by atoms with Crippen LogP contribution in [-0.2, 0) is 19.0 Å². The molecule has 1 fully saturated rings. The van der Waals surface area contributed by atoms with Gasteiger partial charge in [0.05, 0.1) is 26.4 Å². The molecule has 0 amide bonds. The normalized spacial score (nSPS) is 17.6. The van der Waals surface area contributed by atoms with E-state index in [9.17, 15) is 4.79 Å². The van der Waals surface area contributed by atoms with E-state index in [0.29, 0.717) is 18.8 Å². The van der Waals surface area contributed by atoms with Crippen molar-refractivity contribution in [2.24, 2.45) is 5.41 Å². The van der Waals surface area contributed by atoms with E-state index in [4.69, 9.17) is 14.2 Å². The maximum Gasteiger partial charge on any atom is 0.333 e. The molecule has 16 heavy (non-hydrogen) atoms. The van der Waals surface area contributed by atoms with E-state index in [-0.39, 0.29) is 18.0 Å². The molecule has 0 N–H and O–H groups in total. The number of hydrogen-bond acceptors (Lipinski definition) is 4. The van der Waals surface area contributed by atoms with Crippen LogP contribution < -0.4 is 0 Å². The van der Waals surface area contributed by atoms with Gasteiger partial charge >= 0.3 is 5.97 Å². The first-order chi connectivity index (χ1) is 7.59. The predicted octanol–water partition coefficient (Wildman–Crippen LogP) is 1.55. The van der Waals surface area contributed by atoms with Gasteiger partial charge in [-0.3, -0.25) is 0 Å². The third kappa shape index (κ3) is 3.61. The number of rotatable bonds is 7. The zero-order chi connectivity index (χ0) is 12.0. The maximum atomic E-state index is 11.0. The predicted molar refractivity (Wildman–Crippen MR) is 60.1 cm³/mol. The lowest BCUT2D eigenvalue weighted by Gasteiger charge is -2.40. The lowest BCUT2D eigenvalue weighted by molar-refractivity contribution is -0.156. The fraction of sp³-hybridized carbons (Fsp3) is 0.750. The first-order valence-electron chi connectivity index (χ1n) is 5.58. The van der Waals surface area contributed by atoms with E-state index in [1.165, 1.54) is 0 Å². The van der Waals surface area contributed by atoms with Gasteiger partial charge in [-0.05, 0) is 13.3 Å². The lowest BCUT2D eigenvalue weighted by Crippen LogP contribution is -2.45. The minimum Gasteiger partial charge on any atom is -0.460 e. The summed E-state index contributed by atoms with van der Waals surface area (Å²) in [6, 6.07) is 0. The molecular formula is C12H20O4. The minimum atomic E-state index is -0.360. The third-order valence-electron chi connectivity index (χ3n) is 2.78. The standard InChI is InChI=1S/C12H20O4/c1-4-12(8-15-9-12)7-14-5-6-16-11(13)10(2)3/h2,4-9H2,1,3H3. The van der Waals surface area contributed by atoms with Crippen molar-refractivity contribution in [1.82, 2.24) is 0 Å². The van der Waals surface area contributed by atoms with Crippen LogP contribution in [0.4, 0.5) is 0 Å². The monoisotopic (exact) mass is 228 g/mol. The molecule has 0 bridgehead atoms. The Morgan fingerprint density at radius 1 is 1.44 bits per heavy atom. The van der Waals surface area contributed by atoms with E-state index in [2.05, 4.69) is 13.5 Å². The number of hydrogen-bond donors (Lipinski definition) is 0. The van der Waals surface area contributed by atoms with Gasteiger partial charge in [-0.25, -0.2) is 4.79 Å². The van der Waals surface area contributed by atoms with Crippen molar-refractivity contribution in [2.75, 3.05) is 33.0 Å². The molecule has 0 radical (unpaired) electrons. The van der Waals surface area contributed by atoms with Gasteiger partial charge in [-0.1, -0.05) is 13.5 Å². The highest BCUT2D eigenvalue weighted by Gasteiger charge is 2.36. The maximum absolute atomic E-state index is 11.0. The first-order valence-corrected chi connectivity index (χ1v) is 5.58. The molecule has 4 nitrogen and oxygen atoms in total. The summed E-state index contributed by atoms with van der Waals surface area (Å²) in [7, 11) is 0. The summed E-state index contributed by atoms with van der Waals surface area (Å²) in [5.41, 5.74) is 0.607. The molecule has 92 valence electrons. The average molecular weight is 228 g/mol. The fourth-order valence-corrected chi connectivity index (χ4v) is 1.39. The Labute approximate surface area is 96.6 Å². The van der Waals surface area contributed by atoms with Crippen LogP contribution in [0.25, 0.3) is 0 Å². The molecule has 1 heterocycles. The second kappa shape index (κ2) is 6.01. The highest BCUT2D eigenvalue weighted by molar-refractivity contribution is 5.86. The van der Waals surface area contributed by atoms with E-state index < -0.39 is 0 Å². The Morgan fingerprint density at radius 3 is 2.56 bits per heavy atom. The van der Waals surface area contributed by atoms with Gasteiger partial charge in [0.1, 0.15) is 6.61 Å². The molecule has 1 aliphatic heterocycles. The second-order valence-electron chi connectivity index (χ2n) is 4.32. The molecule has 1 saturated heterocycles. The van der Waals surface area contributed by atoms with Crippen molar-refractivity contribution in [2.45, 2.75) is 20.3 Å². The molecule has 0 aliphatic carbocycles. The third-order valence-corrected chi connectivity index (χ3v) is 2.78. The van der Waals surface area contributed by atoms with Crippen LogP contribution in [0.15, 0.2) is 12.2 Å². The summed E-state index contributed by atoms with van der Waals surface area (Å²) >= 11 is 0. The largest absolute Gasteiger partial charge is 0.460 e. The molecule has 1 rings (SSSR count). The van der Waals surface area contributed by atoms with Crippen molar-refractivity contribution in [3.63, 3.8) is 0 Å². The van der Waals surface area contributed by atoms with E-state index >= 15 is 0 Å². The molecule has 4 heteroatoms. The quantitative estimate of drug-likeness (QED) is 0.377. The van der Waals surface area contributed by atoms with Crippen molar-refractivity contribution in [3.05, 3.63) is 12.2 Å². The van der Waals surface area contributed by atoms with Crippen LogP contribution in [0.1, 0.15) is 20.3 Å².